The lowest BCUT2D eigenvalue weighted by atomic mass is 9.87. The maximum atomic E-state index is 14.4. The minimum Gasteiger partial charge on any atom is -0.490 e. The molecule has 4 atom stereocenters. The van der Waals surface area contributed by atoms with Gasteiger partial charge in [0.1, 0.15) is 17.9 Å². The van der Waals surface area contributed by atoms with Crippen LogP contribution in [0.4, 0.5) is 0 Å². The van der Waals surface area contributed by atoms with Crippen LogP contribution in [0, 0.1) is 17.2 Å². The molecule has 0 radical (unpaired) electrons. The molecule has 2 unspecified atom stereocenters. The van der Waals surface area contributed by atoms with Crippen LogP contribution in [0.1, 0.15) is 115 Å². The lowest BCUT2D eigenvalue weighted by molar-refractivity contribution is 0.0757. The number of carbonyl (C=O) groups is 1. The average molecular weight is 721 g/mol. The molecule has 1 amide bonds. The number of rotatable bonds is 12. The van der Waals surface area contributed by atoms with Gasteiger partial charge in [-0.2, -0.15) is 5.26 Å². The van der Waals surface area contributed by atoms with Crippen LogP contribution in [0.3, 0.4) is 0 Å². The van der Waals surface area contributed by atoms with Gasteiger partial charge in [0.25, 0.3) is 5.91 Å². The molecule has 0 spiro atoms. The number of fused-ring (bicyclic) bond motifs is 2. The zero-order chi connectivity index (χ0) is 37.0. The minimum atomic E-state index is -0.844. The summed E-state index contributed by atoms with van der Waals surface area (Å²) in [5.74, 6) is 1.68. The number of amides is 1. The third-order valence-corrected chi connectivity index (χ3v) is 12.3. The number of nitrogens with zero attached hydrogens (tertiary/aromatic N) is 2. The highest BCUT2D eigenvalue weighted by molar-refractivity contribution is 5.96. The van der Waals surface area contributed by atoms with Crippen molar-refractivity contribution in [2.75, 3.05) is 6.54 Å². The van der Waals surface area contributed by atoms with Gasteiger partial charge in [-0.15, -0.1) is 0 Å². The smallest absolute Gasteiger partial charge is 0.251 e. The van der Waals surface area contributed by atoms with Gasteiger partial charge in [-0.3, -0.25) is 4.79 Å². The van der Waals surface area contributed by atoms with E-state index in [9.17, 15) is 15.2 Å². The van der Waals surface area contributed by atoms with Crippen molar-refractivity contribution in [3.05, 3.63) is 131 Å². The number of aliphatic hydroxyl groups is 1. The molecule has 4 aromatic carbocycles. The molecule has 2 fully saturated rings. The molecule has 7 nitrogen and oxygen atoms in total. The fourth-order valence-electron chi connectivity index (χ4n) is 9.27. The summed E-state index contributed by atoms with van der Waals surface area (Å²) in [6, 6.07) is 32.6. The highest BCUT2D eigenvalue weighted by atomic mass is 16.5. The molecule has 54 heavy (non-hydrogen) atoms. The van der Waals surface area contributed by atoms with Crippen molar-refractivity contribution in [2.24, 2.45) is 5.92 Å². The predicted octanol–water partition coefficient (Wildman–Crippen LogP) is 9.10. The Morgan fingerprint density at radius 3 is 2.46 bits per heavy atom. The molecule has 2 aliphatic carbocycles. The van der Waals surface area contributed by atoms with Gasteiger partial charge in [-0.25, -0.2) is 0 Å². The molecule has 1 aromatic heterocycles. The van der Waals surface area contributed by atoms with Crippen molar-refractivity contribution in [2.45, 2.75) is 108 Å². The van der Waals surface area contributed by atoms with Crippen molar-refractivity contribution in [1.82, 2.24) is 15.2 Å². The Labute approximate surface area is 319 Å². The molecule has 3 N–H and O–H groups in total. The zero-order valence-electron chi connectivity index (χ0n) is 31.3. The summed E-state index contributed by atoms with van der Waals surface area (Å²) in [5, 5.41) is 29.9. The first kappa shape index (κ1) is 36.1. The number of hydrogen-bond acceptors (Lipinski definition) is 5. The van der Waals surface area contributed by atoms with Crippen LogP contribution in [0.5, 0.6) is 5.75 Å². The molecule has 278 valence electrons. The Balaban J connectivity index is 1.07. The minimum absolute atomic E-state index is 0.0499. The highest BCUT2D eigenvalue weighted by Gasteiger charge is 2.35. The summed E-state index contributed by atoms with van der Waals surface area (Å²) in [5.41, 5.74) is 7.60. The maximum absolute atomic E-state index is 14.4. The number of hydrogen-bond donors (Lipinski definition) is 3. The summed E-state index contributed by atoms with van der Waals surface area (Å²) in [6.07, 6.45) is 13.0. The normalized spacial score (nSPS) is 19.9. The number of aromatic nitrogens is 1. The van der Waals surface area contributed by atoms with Crippen LogP contribution < -0.4 is 15.4 Å². The Hall–Kier alpha value is -4.90. The van der Waals surface area contributed by atoms with E-state index in [0.29, 0.717) is 35.9 Å². The topological polar surface area (TPSA) is 99.3 Å². The molecule has 0 saturated heterocycles. The summed E-state index contributed by atoms with van der Waals surface area (Å²) >= 11 is 0. The van der Waals surface area contributed by atoms with Gasteiger partial charge in [0.2, 0.25) is 0 Å². The first-order valence-electron chi connectivity index (χ1n) is 20.2. The molecule has 2 heterocycles. The van der Waals surface area contributed by atoms with Gasteiger partial charge >= 0.3 is 0 Å². The number of carbonyl (C=O) groups excluding carboxylic acids is 1. The van der Waals surface area contributed by atoms with Crippen LogP contribution in [-0.4, -0.2) is 40.4 Å². The third-order valence-electron chi connectivity index (χ3n) is 12.3. The van der Waals surface area contributed by atoms with E-state index in [4.69, 9.17) is 4.74 Å². The van der Waals surface area contributed by atoms with E-state index in [1.165, 1.54) is 44.1 Å². The number of ether oxygens (including phenoxy) is 1. The van der Waals surface area contributed by atoms with Gasteiger partial charge < -0.3 is 25.0 Å². The number of nitriles is 1. The fourth-order valence-corrected chi connectivity index (χ4v) is 9.27. The first-order valence-corrected chi connectivity index (χ1v) is 20.2. The second-order valence-electron chi connectivity index (χ2n) is 15.8. The molecule has 3 aliphatic rings. The summed E-state index contributed by atoms with van der Waals surface area (Å²) in [4.78, 5) is 14.4. The van der Waals surface area contributed by atoms with E-state index in [2.05, 4.69) is 60.0 Å². The number of aliphatic hydroxyl groups excluding tert-OH is 1. The third kappa shape index (κ3) is 7.69. The molecular formula is C47H52N4O3. The standard InChI is InChI=1S/C47H52N4O3/c1-2-31-20-21-45-40(22-31)41(27-46(54-45)34-16-8-9-17-34)49-29-44(52)42(23-32-12-4-3-5-13-32)50-47(53)36-24-35(33-14-6-7-15-33)25-38(26-36)51-30-37(28-48)39-18-10-11-19-43(39)51/h3-5,10-13,18-22,24-26,30,33-34,41-42,44,46,49,52H,2,6-9,14-17,23,27,29H2,1H3,(H,50,53)/t41?,42-,44+,46?/m0/s1. The monoisotopic (exact) mass is 720 g/mol. The first-order chi connectivity index (χ1) is 26.5. The van der Waals surface area contributed by atoms with Crippen molar-refractivity contribution < 1.29 is 14.6 Å². The van der Waals surface area contributed by atoms with E-state index in [1.807, 2.05) is 65.4 Å². The van der Waals surface area contributed by atoms with Gasteiger partial charge in [-0.1, -0.05) is 93.3 Å². The molecule has 0 bridgehead atoms. The van der Waals surface area contributed by atoms with Gasteiger partial charge in [-0.05, 0) is 97.4 Å². The summed E-state index contributed by atoms with van der Waals surface area (Å²) in [6.45, 7) is 2.50. The molecular weight excluding hydrogens is 669 g/mol. The van der Waals surface area contributed by atoms with E-state index in [0.717, 1.165) is 64.7 Å². The molecule has 5 aromatic rings. The molecule has 2 saturated carbocycles. The number of nitrogens with one attached hydrogen (secondary N) is 2. The quantitative estimate of drug-likeness (QED) is 0.119. The Morgan fingerprint density at radius 1 is 0.926 bits per heavy atom. The Morgan fingerprint density at radius 2 is 1.69 bits per heavy atom. The van der Waals surface area contributed by atoms with E-state index < -0.39 is 12.1 Å². The number of para-hydroxylation sites is 1. The van der Waals surface area contributed by atoms with E-state index in [1.54, 1.807) is 0 Å². The van der Waals surface area contributed by atoms with Gasteiger partial charge in [0.05, 0.1) is 23.2 Å². The number of aryl methyl sites for hydroxylation is 1. The van der Waals surface area contributed by atoms with E-state index in [-0.39, 0.29) is 18.1 Å². The lowest BCUT2D eigenvalue weighted by Gasteiger charge is -2.37. The van der Waals surface area contributed by atoms with Crippen molar-refractivity contribution in [3.8, 4) is 17.5 Å². The SMILES string of the molecule is CCc1ccc2c(c1)C(NC[C@@H](O)[C@H](Cc1ccccc1)NC(=O)c1cc(C3CCCC3)cc(-n3cc(C#N)c4ccccc43)c1)CC(C1CCCC1)O2. The second-order valence-corrected chi connectivity index (χ2v) is 15.8. The largest absolute Gasteiger partial charge is 0.490 e. The van der Waals surface area contributed by atoms with Crippen LogP contribution in [-0.2, 0) is 12.8 Å². The summed E-state index contributed by atoms with van der Waals surface area (Å²) in [7, 11) is 0. The molecule has 7 heteroatoms. The molecule has 8 rings (SSSR count). The lowest BCUT2D eigenvalue weighted by Crippen LogP contribution is -2.49. The Bertz CT molecular complexity index is 2120. The Kier molecular flexibility index (Phi) is 10.8. The van der Waals surface area contributed by atoms with Gasteiger partial charge in [0, 0.05) is 47.4 Å². The summed E-state index contributed by atoms with van der Waals surface area (Å²) < 4.78 is 8.66. The van der Waals surface area contributed by atoms with E-state index >= 15 is 0 Å². The van der Waals surface area contributed by atoms with Crippen LogP contribution in [0.25, 0.3) is 16.6 Å². The molecule has 1 aliphatic heterocycles. The predicted molar refractivity (Wildman–Crippen MR) is 214 cm³/mol. The average Bonchev–Trinajstić information content (AvgIpc) is 4.02. The number of benzene rings is 4. The van der Waals surface area contributed by atoms with Crippen LogP contribution in [0.2, 0.25) is 0 Å². The van der Waals surface area contributed by atoms with Crippen molar-refractivity contribution in [1.29, 1.82) is 5.26 Å². The van der Waals surface area contributed by atoms with Crippen molar-refractivity contribution in [3.63, 3.8) is 0 Å². The van der Waals surface area contributed by atoms with Crippen molar-refractivity contribution >= 4 is 16.8 Å². The van der Waals surface area contributed by atoms with Gasteiger partial charge in [0.15, 0.2) is 0 Å². The fraction of sp³-hybridized carbons (Fsp3) is 0.404. The second kappa shape index (κ2) is 16.2. The zero-order valence-corrected chi connectivity index (χ0v) is 31.3. The highest BCUT2D eigenvalue weighted by Crippen LogP contribution is 2.42. The van der Waals surface area contributed by atoms with Crippen LogP contribution >= 0.6 is 0 Å². The maximum Gasteiger partial charge on any atom is 0.251 e. The van der Waals surface area contributed by atoms with Crippen LogP contribution in [0.15, 0.2) is 97.2 Å².